The number of carbonyl (C=O) groups is 1. The molecule has 0 bridgehead atoms. The second-order valence-electron chi connectivity index (χ2n) is 5.60. The lowest BCUT2D eigenvalue weighted by Gasteiger charge is -2.24. The van der Waals surface area contributed by atoms with Gasteiger partial charge in [-0.15, -0.1) is 0 Å². The Bertz CT molecular complexity index is 671. The first-order valence-electron chi connectivity index (χ1n) is 7.32. The summed E-state index contributed by atoms with van der Waals surface area (Å²) in [5, 5.41) is 10.0. The van der Waals surface area contributed by atoms with Crippen molar-refractivity contribution < 1.29 is 14.6 Å². The molecule has 1 unspecified atom stereocenters. The van der Waals surface area contributed by atoms with E-state index in [2.05, 4.69) is 9.88 Å². The normalized spacial score (nSPS) is 17.2. The van der Waals surface area contributed by atoms with Gasteiger partial charge in [0.15, 0.2) is 0 Å². The molecule has 2 heterocycles. The van der Waals surface area contributed by atoms with E-state index in [-0.39, 0.29) is 6.23 Å². The van der Waals surface area contributed by atoms with Crippen molar-refractivity contribution >= 4 is 16.9 Å². The summed E-state index contributed by atoms with van der Waals surface area (Å²) in [4.78, 5) is 16.8. The van der Waals surface area contributed by atoms with Crippen molar-refractivity contribution in [1.82, 2.24) is 9.88 Å². The lowest BCUT2D eigenvalue weighted by molar-refractivity contribution is 0.0593. The van der Waals surface area contributed by atoms with Crippen molar-refractivity contribution in [2.45, 2.75) is 32.9 Å². The lowest BCUT2D eigenvalue weighted by atomic mass is 10.1. The van der Waals surface area contributed by atoms with Crippen molar-refractivity contribution in [1.29, 1.82) is 0 Å². The summed E-state index contributed by atoms with van der Waals surface area (Å²) in [7, 11) is 0. The lowest BCUT2D eigenvalue weighted by Crippen LogP contribution is -2.34. The number of nitrogens with one attached hydrogen (secondary N) is 1. The first kappa shape index (κ1) is 13.9. The number of nitrogens with zero attached hydrogens (tertiary/aromatic N) is 1. The van der Waals surface area contributed by atoms with Gasteiger partial charge in [0, 0.05) is 29.7 Å². The topological polar surface area (TPSA) is 65.6 Å². The number of benzene rings is 1. The number of likely N-dealkylation sites (tertiary alicyclic amines) is 1. The van der Waals surface area contributed by atoms with Gasteiger partial charge in [-0.1, -0.05) is 0 Å². The van der Waals surface area contributed by atoms with Gasteiger partial charge >= 0.3 is 5.97 Å². The van der Waals surface area contributed by atoms with Crippen LogP contribution in [0.1, 0.15) is 35.8 Å². The molecule has 2 aromatic rings. The van der Waals surface area contributed by atoms with Gasteiger partial charge in [0.2, 0.25) is 0 Å². The van der Waals surface area contributed by atoms with Gasteiger partial charge in [-0.3, -0.25) is 4.90 Å². The average Bonchev–Trinajstić information content (AvgIpc) is 3.04. The molecule has 21 heavy (non-hydrogen) atoms. The van der Waals surface area contributed by atoms with Gasteiger partial charge in [-0.2, -0.15) is 0 Å². The zero-order chi connectivity index (χ0) is 15.0. The number of aromatic nitrogens is 1. The third-order valence-electron chi connectivity index (χ3n) is 4.13. The quantitative estimate of drug-likeness (QED) is 0.907. The van der Waals surface area contributed by atoms with Crippen LogP contribution in [0.3, 0.4) is 0 Å². The van der Waals surface area contributed by atoms with Crippen LogP contribution in [0.2, 0.25) is 0 Å². The Morgan fingerprint density at radius 1 is 1.38 bits per heavy atom. The van der Waals surface area contributed by atoms with Gasteiger partial charge < -0.3 is 14.8 Å². The minimum Gasteiger partial charge on any atom is -0.478 e. The number of aromatic carboxylic acids is 1. The van der Waals surface area contributed by atoms with Gasteiger partial charge in [0.25, 0.3) is 0 Å². The molecule has 1 aromatic carbocycles. The van der Waals surface area contributed by atoms with Crippen molar-refractivity contribution in [3.05, 3.63) is 29.5 Å². The minimum atomic E-state index is -0.913. The molecule has 5 nitrogen and oxygen atoms in total. The van der Waals surface area contributed by atoms with E-state index < -0.39 is 5.97 Å². The highest BCUT2D eigenvalue weighted by molar-refractivity contribution is 6.05. The van der Waals surface area contributed by atoms with Crippen LogP contribution in [-0.2, 0) is 0 Å². The fourth-order valence-electron chi connectivity index (χ4n) is 3.03. The van der Waals surface area contributed by atoms with Crippen LogP contribution in [0, 0.1) is 6.92 Å². The molecule has 0 spiro atoms. The Kier molecular flexibility index (Phi) is 3.59. The molecule has 0 aliphatic carbocycles. The van der Waals surface area contributed by atoms with Crippen molar-refractivity contribution in [3.63, 3.8) is 0 Å². The molecule has 0 saturated carbocycles. The summed E-state index contributed by atoms with van der Waals surface area (Å²) in [6.45, 7) is 5.94. The molecule has 1 aromatic heterocycles. The number of carboxylic acid groups (broad SMARTS) is 1. The number of aromatic amines is 1. The molecule has 112 valence electrons. The van der Waals surface area contributed by atoms with E-state index in [0.29, 0.717) is 22.4 Å². The van der Waals surface area contributed by atoms with E-state index in [0.717, 1.165) is 18.6 Å². The Labute approximate surface area is 123 Å². The number of carboxylic acids is 1. The SMILES string of the molecule is Cc1[nH]c2ccc(OC(C)N3CCCC3)cc2c1C(=O)O. The van der Waals surface area contributed by atoms with Gasteiger partial charge in [-0.25, -0.2) is 4.79 Å². The number of fused-ring (bicyclic) bond motifs is 1. The van der Waals surface area contributed by atoms with E-state index in [9.17, 15) is 9.90 Å². The molecule has 5 heteroatoms. The number of ether oxygens (including phenoxy) is 1. The standard InChI is InChI=1S/C16H20N2O3/c1-10-15(16(19)20)13-9-12(5-6-14(13)17-10)21-11(2)18-7-3-4-8-18/h5-6,9,11,17H,3-4,7-8H2,1-2H3,(H,19,20). The van der Waals surface area contributed by atoms with Crippen LogP contribution in [0.25, 0.3) is 10.9 Å². The predicted octanol–water partition coefficient (Wildman–Crippen LogP) is 3.00. The van der Waals surface area contributed by atoms with Crippen molar-refractivity contribution in [2.75, 3.05) is 13.1 Å². The number of H-pyrrole nitrogens is 1. The molecule has 2 N–H and O–H groups in total. The second-order valence-corrected chi connectivity index (χ2v) is 5.60. The van der Waals surface area contributed by atoms with E-state index in [1.807, 2.05) is 25.1 Å². The average molecular weight is 288 g/mol. The molecule has 0 amide bonds. The summed E-state index contributed by atoms with van der Waals surface area (Å²) in [6, 6.07) is 5.58. The Morgan fingerprint density at radius 2 is 2.10 bits per heavy atom. The largest absolute Gasteiger partial charge is 0.478 e. The first-order chi connectivity index (χ1) is 10.1. The van der Waals surface area contributed by atoms with Crippen molar-refractivity contribution in [2.24, 2.45) is 0 Å². The fourth-order valence-corrected chi connectivity index (χ4v) is 3.03. The van der Waals surface area contributed by atoms with E-state index in [1.165, 1.54) is 12.8 Å². The summed E-state index contributed by atoms with van der Waals surface area (Å²) in [5.74, 6) is -0.202. The van der Waals surface area contributed by atoms with Crippen LogP contribution < -0.4 is 4.74 Å². The van der Waals surface area contributed by atoms with E-state index in [1.54, 1.807) is 6.92 Å². The number of hydrogen-bond donors (Lipinski definition) is 2. The van der Waals surface area contributed by atoms with Gasteiger partial charge in [0.05, 0.1) is 5.56 Å². The first-order valence-corrected chi connectivity index (χ1v) is 7.32. The van der Waals surface area contributed by atoms with Crippen LogP contribution in [0.4, 0.5) is 0 Å². The third kappa shape index (κ3) is 2.61. The number of aryl methyl sites for hydroxylation is 1. The number of rotatable bonds is 4. The fraction of sp³-hybridized carbons (Fsp3) is 0.438. The molecule has 3 rings (SSSR count). The molecule has 0 radical (unpaired) electrons. The maximum atomic E-state index is 11.4. The Hall–Kier alpha value is -2.01. The summed E-state index contributed by atoms with van der Waals surface area (Å²) in [6.07, 6.45) is 2.44. The van der Waals surface area contributed by atoms with Crippen molar-refractivity contribution in [3.8, 4) is 5.75 Å². The Morgan fingerprint density at radius 3 is 2.76 bits per heavy atom. The molecule has 1 aliphatic heterocycles. The van der Waals surface area contributed by atoms with Crippen LogP contribution in [0.5, 0.6) is 5.75 Å². The zero-order valence-corrected chi connectivity index (χ0v) is 12.3. The number of hydrogen-bond acceptors (Lipinski definition) is 3. The summed E-state index contributed by atoms with van der Waals surface area (Å²) >= 11 is 0. The van der Waals surface area contributed by atoms with Gasteiger partial charge in [-0.05, 0) is 44.9 Å². The molecule has 1 aliphatic rings. The monoisotopic (exact) mass is 288 g/mol. The maximum absolute atomic E-state index is 11.4. The second kappa shape index (κ2) is 5.41. The molecule has 1 saturated heterocycles. The van der Waals surface area contributed by atoms with Crippen LogP contribution >= 0.6 is 0 Å². The van der Waals surface area contributed by atoms with E-state index in [4.69, 9.17) is 4.74 Å². The van der Waals surface area contributed by atoms with Gasteiger partial charge in [0.1, 0.15) is 12.0 Å². The molecule has 1 fully saturated rings. The molecule has 1 atom stereocenters. The highest BCUT2D eigenvalue weighted by atomic mass is 16.5. The van der Waals surface area contributed by atoms with Crippen LogP contribution in [0.15, 0.2) is 18.2 Å². The predicted molar refractivity (Wildman–Crippen MR) is 80.9 cm³/mol. The highest BCUT2D eigenvalue weighted by Gasteiger charge is 2.20. The summed E-state index contributed by atoms with van der Waals surface area (Å²) < 4.78 is 5.97. The minimum absolute atomic E-state index is 0.0123. The molecular formula is C16H20N2O3. The Balaban J connectivity index is 1.89. The zero-order valence-electron chi connectivity index (χ0n) is 12.3. The smallest absolute Gasteiger partial charge is 0.338 e. The third-order valence-corrected chi connectivity index (χ3v) is 4.13. The van der Waals surface area contributed by atoms with Crippen LogP contribution in [-0.4, -0.2) is 40.3 Å². The summed E-state index contributed by atoms with van der Waals surface area (Å²) in [5.41, 5.74) is 1.82. The highest BCUT2D eigenvalue weighted by Crippen LogP contribution is 2.27. The molecular weight excluding hydrogens is 268 g/mol. The maximum Gasteiger partial charge on any atom is 0.338 e. The van der Waals surface area contributed by atoms with E-state index >= 15 is 0 Å².